The highest BCUT2D eigenvalue weighted by Crippen LogP contribution is 2.39. The smallest absolute Gasteiger partial charge is 0.353 e. The lowest BCUT2D eigenvalue weighted by molar-refractivity contribution is -0.129. The molecule has 1 aliphatic heterocycles. The highest BCUT2D eigenvalue weighted by Gasteiger charge is 2.43. The second-order valence-corrected chi connectivity index (χ2v) is 4.95. The van der Waals surface area contributed by atoms with Crippen molar-refractivity contribution in [1.82, 2.24) is 0 Å². The monoisotopic (exact) mass is 223 g/mol. The quantitative estimate of drug-likeness (QED) is 0.731. The van der Waals surface area contributed by atoms with Gasteiger partial charge in [0.15, 0.2) is 5.71 Å². The molecular formula is C12H17NO3. The van der Waals surface area contributed by atoms with Gasteiger partial charge in [0, 0.05) is 12.3 Å². The summed E-state index contributed by atoms with van der Waals surface area (Å²) in [5.41, 5.74) is 1.14. The number of rotatable bonds is 2. The Morgan fingerprint density at radius 1 is 1.69 bits per heavy atom. The molecule has 0 aromatic rings. The molecule has 0 bridgehead atoms. The van der Waals surface area contributed by atoms with Gasteiger partial charge >= 0.3 is 5.97 Å². The van der Waals surface area contributed by atoms with E-state index >= 15 is 0 Å². The molecule has 0 aromatic carbocycles. The highest BCUT2D eigenvalue weighted by atomic mass is 16.7. The second-order valence-electron chi connectivity index (χ2n) is 4.95. The number of hydrogen-bond acceptors (Lipinski definition) is 3. The number of oxime groups is 1. The van der Waals surface area contributed by atoms with Crippen molar-refractivity contribution in [1.29, 1.82) is 0 Å². The molecule has 2 atom stereocenters. The van der Waals surface area contributed by atoms with E-state index < -0.39 is 11.6 Å². The summed E-state index contributed by atoms with van der Waals surface area (Å²) in [6.45, 7) is 4.10. The Kier molecular flexibility index (Phi) is 2.74. The van der Waals surface area contributed by atoms with Crippen LogP contribution in [0.4, 0.5) is 0 Å². The van der Waals surface area contributed by atoms with Gasteiger partial charge in [-0.25, -0.2) is 4.79 Å². The topological polar surface area (TPSA) is 58.9 Å². The van der Waals surface area contributed by atoms with Gasteiger partial charge in [0.05, 0.1) is 0 Å². The normalized spacial score (nSPS) is 34.0. The summed E-state index contributed by atoms with van der Waals surface area (Å²) in [6, 6.07) is 0. The molecule has 0 unspecified atom stereocenters. The molecule has 2 rings (SSSR count). The number of hydrogen-bond donors (Lipinski definition) is 1. The van der Waals surface area contributed by atoms with E-state index in [1.807, 2.05) is 6.92 Å². The van der Waals surface area contributed by atoms with Gasteiger partial charge in [-0.15, -0.1) is 0 Å². The number of allylic oxidation sites excluding steroid dienone is 2. The molecule has 1 N–H and O–H groups in total. The molecule has 16 heavy (non-hydrogen) atoms. The van der Waals surface area contributed by atoms with Crippen LogP contribution >= 0.6 is 0 Å². The first-order chi connectivity index (χ1) is 7.51. The SMILES string of the molecule is CC1=CC[C@H]([C@]2(C)CC(C(=O)O)=NO2)CC1. The van der Waals surface area contributed by atoms with Crippen LogP contribution in [0.3, 0.4) is 0 Å². The van der Waals surface area contributed by atoms with E-state index in [-0.39, 0.29) is 5.71 Å². The predicted molar refractivity (Wildman–Crippen MR) is 60.3 cm³/mol. The molecule has 0 fully saturated rings. The lowest BCUT2D eigenvalue weighted by Crippen LogP contribution is -2.36. The largest absolute Gasteiger partial charge is 0.477 e. The molecule has 2 aliphatic rings. The lowest BCUT2D eigenvalue weighted by atomic mass is 9.76. The van der Waals surface area contributed by atoms with E-state index in [1.165, 1.54) is 5.57 Å². The van der Waals surface area contributed by atoms with Crippen molar-refractivity contribution < 1.29 is 14.7 Å². The third-order valence-corrected chi connectivity index (χ3v) is 3.63. The van der Waals surface area contributed by atoms with Gasteiger partial charge in [0.2, 0.25) is 0 Å². The molecule has 1 aliphatic carbocycles. The zero-order valence-corrected chi connectivity index (χ0v) is 9.69. The third kappa shape index (κ3) is 1.96. The molecule has 0 aromatic heterocycles. The first-order valence-electron chi connectivity index (χ1n) is 5.65. The third-order valence-electron chi connectivity index (χ3n) is 3.63. The van der Waals surface area contributed by atoms with Gasteiger partial charge in [-0.3, -0.25) is 0 Å². The summed E-state index contributed by atoms with van der Waals surface area (Å²) in [6.07, 6.45) is 5.74. The zero-order chi connectivity index (χ0) is 11.8. The van der Waals surface area contributed by atoms with E-state index in [0.717, 1.165) is 19.3 Å². The maximum absolute atomic E-state index is 10.8. The fourth-order valence-corrected chi connectivity index (χ4v) is 2.41. The van der Waals surface area contributed by atoms with Crippen molar-refractivity contribution in [2.24, 2.45) is 11.1 Å². The van der Waals surface area contributed by atoms with E-state index in [2.05, 4.69) is 18.2 Å². The summed E-state index contributed by atoms with van der Waals surface area (Å²) in [5.74, 6) is -0.594. The Labute approximate surface area is 95.0 Å². The summed E-state index contributed by atoms with van der Waals surface area (Å²) in [4.78, 5) is 16.2. The molecule has 0 saturated heterocycles. The Balaban J connectivity index is 2.04. The number of nitrogens with zero attached hydrogens (tertiary/aromatic N) is 1. The van der Waals surface area contributed by atoms with E-state index in [1.54, 1.807) is 0 Å². The lowest BCUT2D eigenvalue weighted by Gasteiger charge is -2.33. The van der Waals surface area contributed by atoms with E-state index in [0.29, 0.717) is 12.3 Å². The average molecular weight is 223 g/mol. The van der Waals surface area contributed by atoms with Crippen LogP contribution < -0.4 is 0 Å². The maximum atomic E-state index is 10.8. The fraction of sp³-hybridized carbons (Fsp3) is 0.667. The van der Waals surface area contributed by atoms with Crippen molar-refractivity contribution in [3.8, 4) is 0 Å². The Bertz CT molecular complexity index is 372. The molecule has 88 valence electrons. The fourth-order valence-electron chi connectivity index (χ4n) is 2.41. The number of carboxylic acids is 1. The van der Waals surface area contributed by atoms with Crippen LogP contribution in [0, 0.1) is 5.92 Å². The zero-order valence-electron chi connectivity index (χ0n) is 9.69. The van der Waals surface area contributed by atoms with Gasteiger partial charge < -0.3 is 9.94 Å². The number of aliphatic carboxylic acids is 1. The summed E-state index contributed by atoms with van der Waals surface area (Å²) < 4.78 is 0. The number of carboxylic acid groups (broad SMARTS) is 1. The Morgan fingerprint density at radius 2 is 2.44 bits per heavy atom. The minimum Gasteiger partial charge on any atom is -0.477 e. The first kappa shape index (κ1) is 11.2. The van der Waals surface area contributed by atoms with Crippen molar-refractivity contribution in [3.05, 3.63) is 11.6 Å². The standard InChI is InChI=1S/C12H17NO3/c1-8-3-5-9(6-4-8)12(2)7-10(11(14)15)13-16-12/h3,9H,4-7H2,1-2H3,(H,14,15)/t9-,12-/m0/s1. The van der Waals surface area contributed by atoms with Crippen molar-refractivity contribution >= 4 is 11.7 Å². The van der Waals surface area contributed by atoms with Crippen LogP contribution in [0.1, 0.15) is 39.5 Å². The van der Waals surface area contributed by atoms with E-state index in [4.69, 9.17) is 9.94 Å². The average Bonchev–Trinajstić information content (AvgIpc) is 2.63. The van der Waals surface area contributed by atoms with Crippen LogP contribution in [-0.4, -0.2) is 22.4 Å². The van der Waals surface area contributed by atoms with Gasteiger partial charge in [-0.05, 0) is 33.1 Å². The second kappa shape index (κ2) is 3.92. The molecule has 0 saturated carbocycles. The maximum Gasteiger partial charge on any atom is 0.353 e. The highest BCUT2D eigenvalue weighted by molar-refractivity contribution is 6.36. The summed E-state index contributed by atoms with van der Waals surface area (Å²) >= 11 is 0. The van der Waals surface area contributed by atoms with Crippen LogP contribution in [-0.2, 0) is 9.63 Å². The Hall–Kier alpha value is -1.32. The molecule has 4 heteroatoms. The first-order valence-corrected chi connectivity index (χ1v) is 5.65. The van der Waals surface area contributed by atoms with Gasteiger partial charge in [-0.1, -0.05) is 16.8 Å². The van der Waals surface area contributed by atoms with Gasteiger partial charge in [0.1, 0.15) is 5.60 Å². The minimum absolute atomic E-state index is 0.147. The van der Waals surface area contributed by atoms with Crippen molar-refractivity contribution in [2.75, 3.05) is 0 Å². The van der Waals surface area contributed by atoms with Crippen LogP contribution in [0.5, 0.6) is 0 Å². The van der Waals surface area contributed by atoms with E-state index in [9.17, 15) is 4.79 Å². The molecule has 0 radical (unpaired) electrons. The Morgan fingerprint density at radius 3 is 2.94 bits per heavy atom. The van der Waals surface area contributed by atoms with Gasteiger partial charge in [0.25, 0.3) is 0 Å². The predicted octanol–water partition coefficient (Wildman–Crippen LogP) is 2.35. The molecular weight excluding hydrogens is 206 g/mol. The summed E-state index contributed by atoms with van der Waals surface area (Å²) in [7, 11) is 0. The van der Waals surface area contributed by atoms with Crippen LogP contribution in [0.15, 0.2) is 16.8 Å². The minimum atomic E-state index is -0.966. The van der Waals surface area contributed by atoms with Gasteiger partial charge in [-0.2, -0.15) is 0 Å². The molecule has 0 amide bonds. The number of carbonyl (C=O) groups is 1. The van der Waals surface area contributed by atoms with Crippen LogP contribution in [0.2, 0.25) is 0 Å². The molecule has 1 heterocycles. The summed E-state index contributed by atoms with van der Waals surface area (Å²) in [5, 5.41) is 12.5. The molecule has 4 nitrogen and oxygen atoms in total. The van der Waals surface area contributed by atoms with Crippen LogP contribution in [0.25, 0.3) is 0 Å². The van der Waals surface area contributed by atoms with Crippen molar-refractivity contribution in [3.63, 3.8) is 0 Å². The molecule has 0 spiro atoms. The van der Waals surface area contributed by atoms with Crippen molar-refractivity contribution in [2.45, 2.75) is 45.1 Å².